The van der Waals surface area contributed by atoms with Crippen LogP contribution in [0.5, 0.6) is 0 Å². The zero-order valence-electron chi connectivity index (χ0n) is 11.0. The Bertz CT molecular complexity index is 416. The van der Waals surface area contributed by atoms with Crippen molar-refractivity contribution in [2.45, 2.75) is 45.6 Å². The van der Waals surface area contributed by atoms with E-state index in [9.17, 15) is 4.79 Å². The van der Waals surface area contributed by atoms with E-state index in [1.165, 1.54) is 30.6 Å². The van der Waals surface area contributed by atoms with Crippen molar-refractivity contribution in [3.63, 3.8) is 0 Å². The fourth-order valence-corrected chi connectivity index (χ4v) is 3.36. The quantitative estimate of drug-likeness (QED) is 0.884. The molecule has 18 heavy (non-hydrogen) atoms. The van der Waals surface area contributed by atoms with E-state index in [1.54, 1.807) is 6.20 Å². The fourth-order valence-electron chi connectivity index (χ4n) is 2.77. The van der Waals surface area contributed by atoms with Gasteiger partial charge in [0.25, 0.3) is 5.91 Å². The molecule has 100 valence electrons. The first kappa shape index (κ1) is 13.3. The number of nitrogens with zero attached hydrogens (tertiary/aromatic N) is 1. The highest BCUT2D eigenvalue weighted by Crippen LogP contribution is 2.30. The minimum Gasteiger partial charge on any atom is -0.375 e. The Hall–Kier alpha value is -1.10. The first-order valence-electron chi connectivity index (χ1n) is 6.60. The smallest absolute Gasteiger partial charge is 0.263 e. The monoisotopic (exact) mass is 267 g/mol. The minimum absolute atomic E-state index is 0.0262. The van der Waals surface area contributed by atoms with Gasteiger partial charge in [-0.05, 0) is 24.7 Å². The molecule has 2 atom stereocenters. The van der Waals surface area contributed by atoms with Crippen LogP contribution >= 0.6 is 11.3 Å². The maximum atomic E-state index is 12.1. The Labute approximate surface area is 112 Å². The van der Waals surface area contributed by atoms with E-state index >= 15 is 0 Å². The first-order valence-corrected chi connectivity index (χ1v) is 7.41. The summed E-state index contributed by atoms with van der Waals surface area (Å²) in [4.78, 5) is 16.6. The minimum atomic E-state index is -0.0262. The lowest BCUT2D eigenvalue weighted by molar-refractivity contribution is 0.0893. The van der Waals surface area contributed by atoms with Crippen LogP contribution in [0.3, 0.4) is 0 Å². The van der Waals surface area contributed by atoms with Crippen LogP contribution in [-0.2, 0) is 0 Å². The number of nitrogens with two attached hydrogens (primary N) is 1. The van der Waals surface area contributed by atoms with Crippen molar-refractivity contribution >= 4 is 22.4 Å². The largest absolute Gasteiger partial charge is 0.375 e. The molecule has 3 N–H and O–H groups in total. The van der Waals surface area contributed by atoms with Crippen molar-refractivity contribution in [2.24, 2.45) is 11.8 Å². The fraction of sp³-hybridized carbons (Fsp3) is 0.692. The van der Waals surface area contributed by atoms with Crippen molar-refractivity contribution in [1.82, 2.24) is 10.3 Å². The van der Waals surface area contributed by atoms with Crippen LogP contribution in [0.4, 0.5) is 5.13 Å². The van der Waals surface area contributed by atoms with Gasteiger partial charge in [0.2, 0.25) is 0 Å². The Morgan fingerprint density at radius 3 is 2.83 bits per heavy atom. The predicted molar refractivity (Wildman–Crippen MR) is 74.6 cm³/mol. The average molecular weight is 267 g/mol. The summed E-state index contributed by atoms with van der Waals surface area (Å²) in [5.74, 6) is 1.18. The van der Waals surface area contributed by atoms with E-state index in [1.807, 2.05) is 0 Å². The van der Waals surface area contributed by atoms with E-state index in [2.05, 4.69) is 24.1 Å². The maximum absolute atomic E-state index is 12.1. The molecule has 2 rings (SSSR count). The molecule has 1 heterocycles. The number of aromatic nitrogens is 1. The number of carbonyl (C=O) groups excluding carboxylic acids is 1. The van der Waals surface area contributed by atoms with E-state index < -0.39 is 0 Å². The van der Waals surface area contributed by atoms with Crippen molar-refractivity contribution in [2.75, 3.05) is 5.73 Å². The lowest BCUT2D eigenvalue weighted by Gasteiger charge is -2.34. The number of anilines is 1. The van der Waals surface area contributed by atoms with E-state index in [-0.39, 0.29) is 5.91 Å². The van der Waals surface area contributed by atoms with Gasteiger partial charge < -0.3 is 11.1 Å². The standard InChI is InChI=1S/C13H21N3OS/c1-8(2)9-5-3-4-6-10(9)16-12(17)11-7-15-13(14)18-11/h7-10H,3-6H2,1-2H3,(H2,14,15)(H,16,17). The summed E-state index contributed by atoms with van der Waals surface area (Å²) in [6, 6.07) is 0.301. The van der Waals surface area contributed by atoms with Crippen molar-refractivity contribution in [3.8, 4) is 0 Å². The van der Waals surface area contributed by atoms with Crippen molar-refractivity contribution in [3.05, 3.63) is 11.1 Å². The predicted octanol–water partition coefficient (Wildman–Crippen LogP) is 2.67. The first-order chi connectivity index (χ1) is 8.58. The summed E-state index contributed by atoms with van der Waals surface area (Å²) in [5.41, 5.74) is 5.55. The average Bonchev–Trinajstić information content (AvgIpc) is 2.76. The molecular weight excluding hydrogens is 246 g/mol. The van der Waals surface area contributed by atoms with Crippen LogP contribution in [0.1, 0.15) is 49.2 Å². The SMILES string of the molecule is CC(C)C1CCCCC1NC(=O)c1cnc(N)s1. The number of nitrogen functional groups attached to an aromatic ring is 1. The Balaban J connectivity index is 2.00. The molecule has 1 aliphatic rings. The third-order valence-corrected chi connectivity index (χ3v) is 4.56. The molecule has 0 spiro atoms. The molecule has 5 heteroatoms. The zero-order valence-corrected chi connectivity index (χ0v) is 11.8. The van der Waals surface area contributed by atoms with Gasteiger partial charge in [-0.25, -0.2) is 4.98 Å². The molecule has 1 aromatic rings. The van der Waals surface area contributed by atoms with E-state index in [0.717, 1.165) is 6.42 Å². The van der Waals surface area contributed by atoms with Crippen LogP contribution < -0.4 is 11.1 Å². The zero-order chi connectivity index (χ0) is 13.1. The summed E-state index contributed by atoms with van der Waals surface area (Å²) in [6.07, 6.45) is 6.35. The lowest BCUT2D eigenvalue weighted by atomic mass is 9.78. The number of carbonyl (C=O) groups is 1. The molecule has 0 aromatic carbocycles. The second-order valence-corrected chi connectivity index (χ2v) is 6.40. The molecule has 0 aliphatic heterocycles. The van der Waals surface area contributed by atoms with Gasteiger partial charge in [-0.1, -0.05) is 38.0 Å². The highest BCUT2D eigenvalue weighted by molar-refractivity contribution is 7.17. The molecule has 0 saturated heterocycles. The van der Waals surface area contributed by atoms with Gasteiger partial charge in [-0.3, -0.25) is 4.79 Å². The topological polar surface area (TPSA) is 68.0 Å². The van der Waals surface area contributed by atoms with Crippen LogP contribution in [0.25, 0.3) is 0 Å². The van der Waals surface area contributed by atoms with Gasteiger partial charge >= 0.3 is 0 Å². The summed E-state index contributed by atoms with van der Waals surface area (Å²) in [5, 5.41) is 3.60. The highest BCUT2D eigenvalue weighted by Gasteiger charge is 2.29. The van der Waals surface area contributed by atoms with Crippen LogP contribution in [0.2, 0.25) is 0 Å². The Morgan fingerprint density at radius 1 is 1.50 bits per heavy atom. The van der Waals surface area contributed by atoms with Crippen molar-refractivity contribution < 1.29 is 4.79 Å². The van der Waals surface area contributed by atoms with Gasteiger partial charge in [0.05, 0.1) is 6.20 Å². The number of hydrogen-bond acceptors (Lipinski definition) is 4. The van der Waals surface area contributed by atoms with Gasteiger partial charge in [0, 0.05) is 6.04 Å². The number of amides is 1. The number of thiazole rings is 1. The summed E-state index contributed by atoms with van der Waals surface area (Å²) < 4.78 is 0. The van der Waals surface area contributed by atoms with Gasteiger partial charge in [0.15, 0.2) is 5.13 Å². The maximum Gasteiger partial charge on any atom is 0.263 e. The third-order valence-electron chi connectivity index (χ3n) is 3.74. The molecule has 1 aromatic heterocycles. The molecule has 1 fully saturated rings. The van der Waals surface area contributed by atoms with Gasteiger partial charge in [-0.15, -0.1) is 0 Å². The second-order valence-electron chi connectivity index (χ2n) is 5.34. The van der Waals surface area contributed by atoms with Gasteiger partial charge in [-0.2, -0.15) is 0 Å². The summed E-state index contributed by atoms with van der Waals surface area (Å²) in [7, 11) is 0. The summed E-state index contributed by atoms with van der Waals surface area (Å²) >= 11 is 1.25. The molecule has 1 amide bonds. The number of nitrogens with one attached hydrogen (secondary N) is 1. The normalized spacial score (nSPS) is 24.2. The molecule has 4 nitrogen and oxygen atoms in total. The molecule has 0 bridgehead atoms. The molecule has 0 radical (unpaired) electrons. The molecule has 1 saturated carbocycles. The van der Waals surface area contributed by atoms with Gasteiger partial charge in [0.1, 0.15) is 4.88 Å². The highest BCUT2D eigenvalue weighted by atomic mass is 32.1. The summed E-state index contributed by atoms with van der Waals surface area (Å²) in [6.45, 7) is 4.47. The third kappa shape index (κ3) is 3.02. The second kappa shape index (κ2) is 5.69. The van der Waals surface area contributed by atoms with E-state index in [4.69, 9.17) is 5.73 Å². The molecule has 1 aliphatic carbocycles. The number of hydrogen-bond donors (Lipinski definition) is 2. The lowest BCUT2D eigenvalue weighted by Crippen LogP contribution is -2.43. The molecule has 2 unspecified atom stereocenters. The van der Waals surface area contributed by atoms with Crippen molar-refractivity contribution in [1.29, 1.82) is 0 Å². The van der Waals surface area contributed by atoms with Crippen LogP contribution in [0.15, 0.2) is 6.20 Å². The van der Waals surface area contributed by atoms with Crippen LogP contribution in [-0.4, -0.2) is 16.9 Å². The van der Waals surface area contributed by atoms with Crippen LogP contribution in [0, 0.1) is 11.8 Å². The van der Waals surface area contributed by atoms with E-state index in [0.29, 0.717) is 27.9 Å². The Kier molecular flexibility index (Phi) is 4.22. The number of rotatable bonds is 3. The molecular formula is C13H21N3OS. The Morgan fingerprint density at radius 2 is 2.22 bits per heavy atom.